The van der Waals surface area contributed by atoms with Gasteiger partial charge in [-0.15, -0.1) is 0 Å². The highest BCUT2D eigenvalue weighted by Crippen LogP contribution is 2.21. The molecule has 2 aromatic rings. The Morgan fingerprint density at radius 3 is 2.37 bits per heavy atom. The van der Waals surface area contributed by atoms with Crippen molar-refractivity contribution in [1.29, 1.82) is 0 Å². The molecule has 19 heavy (non-hydrogen) atoms. The van der Waals surface area contributed by atoms with Gasteiger partial charge in [0.25, 0.3) is 0 Å². The largest absolute Gasteiger partial charge is 0.483 e. The first-order valence-electron chi connectivity index (χ1n) is 6.50. The van der Waals surface area contributed by atoms with E-state index in [0.29, 0.717) is 6.61 Å². The zero-order chi connectivity index (χ0) is 13.5. The van der Waals surface area contributed by atoms with Gasteiger partial charge in [-0.3, -0.25) is 0 Å². The standard InChI is InChI=1S/C17H20NO/c1-18(2)12-13-19-17-11-7-6-10-16(17)14-15-8-4-3-5-9-15/h3-12H,13-14H2,1-2H3/q+1. The Morgan fingerprint density at radius 1 is 0.947 bits per heavy atom. The predicted octanol–water partition coefficient (Wildman–Crippen LogP) is 3.00. The maximum absolute atomic E-state index is 5.82. The van der Waals surface area contributed by atoms with Gasteiger partial charge >= 0.3 is 0 Å². The number of para-hydroxylation sites is 1. The Bertz CT molecular complexity index is 542. The summed E-state index contributed by atoms with van der Waals surface area (Å²) in [6, 6.07) is 18.7. The van der Waals surface area contributed by atoms with Crippen LogP contribution < -0.4 is 4.74 Å². The summed E-state index contributed by atoms with van der Waals surface area (Å²) in [5.41, 5.74) is 2.52. The molecular formula is C17H20NO+. The van der Waals surface area contributed by atoms with Crippen LogP contribution in [0.1, 0.15) is 11.1 Å². The summed E-state index contributed by atoms with van der Waals surface area (Å²) in [5.74, 6) is 0.962. The number of rotatable bonds is 5. The van der Waals surface area contributed by atoms with Crippen LogP contribution in [0, 0.1) is 0 Å². The maximum atomic E-state index is 5.82. The molecule has 0 saturated heterocycles. The van der Waals surface area contributed by atoms with Crippen molar-refractivity contribution in [3.8, 4) is 5.75 Å². The van der Waals surface area contributed by atoms with Gasteiger partial charge in [0, 0.05) is 6.42 Å². The Labute approximate surface area is 115 Å². The molecule has 0 unspecified atom stereocenters. The fourth-order valence-electron chi connectivity index (χ4n) is 1.88. The van der Waals surface area contributed by atoms with Gasteiger partial charge in [0.15, 0.2) is 12.8 Å². The average molecular weight is 254 g/mol. The smallest absolute Gasteiger partial charge is 0.177 e. The number of ether oxygens (including phenoxy) is 1. The number of nitrogens with zero attached hydrogens (tertiary/aromatic N) is 1. The van der Waals surface area contributed by atoms with Crippen LogP contribution in [0.15, 0.2) is 54.6 Å². The van der Waals surface area contributed by atoms with E-state index >= 15 is 0 Å². The second kappa shape index (κ2) is 6.74. The summed E-state index contributed by atoms with van der Waals surface area (Å²) in [6.07, 6.45) is 2.91. The zero-order valence-electron chi connectivity index (χ0n) is 11.5. The Morgan fingerprint density at radius 2 is 1.63 bits per heavy atom. The fraction of sp³-hybridized carbons (Fsp3) is 0.235. The Hall–Kier alpha value is -2.09. The lowest BCUT2D eigenvalue weighted by Gasteiger charge is -2.09. The molecule has 98 valence electrons. The van der Waals surface area contributed by atoms with Crippen molar-refractivity contribution in [1.82, 2.24) is 0 Å². The third-order valence-corrected chi connectivity index (χ3v) is 2.89. The van der Waals surface area contributed by atoms with E-state index < -0.39 is 0 Å². The highest BCUT2D eigenvalue weighted by molar-refractivity contribution is 5.53. The molecule has 0 N–H and O–H groups in total. The molecule has 0 radical (unpaired) electrons. The first kappa shape index (κ1) is 13.3. The van der Waals surface area contributed by atoms with E-state index in [1.165, 1.54) is 11.1 Å². The van der Waals surface area contributed by atoms with Crippen molar-refractivity contribution in [3.63, 3.8) is 0 Å². The van der Waals surface area contributed by atoms with Gasteiger partial charge < -0.3 is 4.74 Å². The van der Waals surface area contributed by atoms with Crippen molar-refractivity contribution in [2.45, 2.75) is 6.42 Å². The summed E-state index contributed by atoms with van der Waals surface area (Å²) in [6.45, 7) is 0.596. The molecule has 0 aromatic heterocycles. The van der Waals surface area contributed by atoms with Crippen LogP contribution in [0.4, 0.5) is 0 Å². The third kappa shape index (κ3) is 4.25. The second-order valence-corrected chi connectivity index (χ2v) is 4.73. The third-order valence-electron chi connectivity index (χ3n) is 2.89. The van der Waals surface area contributed by atoms with Crippen molar-refractivity contribution < 1.29 is 9.31 Å². The minimum Gasteiger partial charge on any atom is -0.483 e. The molecule has 0 aliphatic heterocycles. The van der Waals surface area contributed by atoms with Crippen molar-refractivity contribution in [3.05, 3.63) is 65.7 Å². The summed E-state index contributed by atoms with van der Waals surface area (Å²) in [7, 11) is 4.00. The summed E-state index contributed by atoms with van der Waals surface area (Å²) in [5, 5.41) is 0. The molecule has 0 atom stereocenters. The predicted molar refractivity (Wildman–Crippen MR) is 79.4 cm³/mol. The van der Waals surface area contributed by atoms with E-state index in [2.05, 4.69) is 36.4 Å². The second-order valence-electron chi connectivity index (χ2n) is 4.73. The maximum Gasteiger partial charge on any atom is 0.177 e. The van der Waals surface area contributed by atoms with E-state index in [1.807, 2.05) is 43.1 Å². The van der Waals surface area contributed by atoms with Crippen LogP contribution in [0.3, 0.4) is 0 Å². The fourth-order valence-corrected chi connectivity index (χ4v) is 1.88. The quantitative estimate of drug-likeness (QED) is 0.590. The minimum atomic E-state index is 0.596. The van der Waals surface area contributed by atoms with Gasteiger partial charge in [0.05, 0.1) is 0 Å². The molecular weight excluding hydrogens is 234 g/mol. The lowest BCUT2D eigenvalue weighted by Crippen LogP contribution is -2.08. The van der Waals surface area contributed by atoms with E-state index in [9.17, 15) is 0 Å². The van der Waals surface area contributed by atoms with Gasteiger partial charge in [-0.05, 0) is 17.2 Å². The molecule has 0 saturated carbocycles. The molecule has 0 spiro atoms. The van der Waals surface area contributed by atoms with E-state index in [1.54, 1.807) is 0 Å². The van der Waals surface area contributed by atoms with E-state index in [0.717, 1.165) is 12.2 Å². The first-order valence-corrected chi connectivity index (χ1v) is 6.50. The van der Waals surface area contributed by atoms with Gasteiger partial charge in [0.1, 0.15) is 19.8 Å². The van der Waals surface area contributed by atoms with E-state index in [-0.39, 0.29) is 0 Å². The molecule has 0 aliphatic rings. The highest BCUT2D eigenvalue weighted by atomic mass is 16.5. The molecule has 2 nitrogen and oxygen atoms in total. The molecule has 2 heteroatoms. The van der Waals surface area contributed by atoms with Crippen LogP contribution in [0.5, 0.6) is 5.75 Å². The molecule has 2 rings (SSSR count). The number of hydrogen-bond donors (Lipinski definition) is 0. The normalized spacial score (nSPS) is 10.0. The lowest BCUT2D eigenvalue weighted by molar-refractivity contribution is -0.460. The molecule has 2 aromatic carbocycles. The van der Waals surface area contributed by atoms with Gasteiger partial charge in [-0.2, -0.15) is 0 Å². The van der Waals surface area contributed by atoms with Crippen molar-refractivity contribution >= 4 is 6.21 Å². The SMILES string of the molecule is C[N+](C)=CCOc1ccccc1Cc1ccccc1. The summed E-state index contributed by atoms with van der Waals surface area (Å²) < 4.78 is 7.82. The van der Waals surface area contributed by atoms with Gasteiger partial charge in [-0.1, -0.05) is 48.5 Å². The van der Waals surface area contributed by atoms with E-state index in [4.69, 9.17) is 4.74 Å². The Kier molecular flexibility index (Phi) is 4.73. The van der Waals surface area contributed by atoms with Crippen LogP contribution in [-0.2, 0) is 6.42 Å². The minimum absolute atomic E-state index is 0.596. The van der Waals surface area contributed by atoms with Crippen LogP contribution >= 0.6 is 0 Å². The lowest BCUT2D eigenvalue weighted by atomic mass is 10.0. The topological polar surface area (TPSA) is 12.2 Å². The molecule has 0 amide bonds. The van der Waals surface area contributed by atoms with Gasteiger partial charge in [-0.25, -0.2) is 4.58 Å². The van der Waals surface area contributed by atoms with Crippen LogP contribution in [0.25, 0.3) is 0 Å². The zero-order valence-corrected chi connectivity index (χ0v) is 11.5. The molecule has 0 bridgehead atoms. The highest BCUT2D eigenvalue weighted by Gasteiger charge is 2.04. The monoisotopic (exact) mass is 254 g/mol. The van der Waals surface area contributed by atoms with Crippen LogP contribution in [-0.4, -0.2) is 31.5 Å². The van der Waals surface area contributed by atoms with Crippen LogP contribution in [0.2, 0.25) is 0 Å². The molecule has 0 aliphatic carbocycles. The number of hydrogen-bond acceptors (Lipinski definition) is 1. The molecule has 0 fully saturated rings. The first-order chi connectivity index (χ1) is 9.25. The Balaban J connectivity index is 2.10. The average Bonchev–Trinajstić information content (AvgIpc) is 2.41. The van der Waals surface area contributed by atoms with Gasteiger partial charge in [0.2, 0.25) is 0 Å². The van der Waals surface area contributed by atoms with Crippen molar-refractivity contribution in [2.75, 3.05) is 20.7 Å². The number of benzene rings is 2. The van der Waals surface area contributed by atoms with Crippen molar-refractivity contribution in [2.24, 2.45) is 0 Å². The molecule has 0 heterocycles. The summed E-state index contributed by atoms with van der Waals surface area (Å²) >= 11 is 0. The summed E-state index contributed by atoms with van der Waals surface area (Å²) in [4.78, 5) is 0.